The predicted octanol–water partition coefficient (Wildman–Crippen LogP) is 3.98. The molecule has 0 amide bonds. The van der Waals surface area contributed by atoms with Crippen LogP contribution in [-0.4, -0.2) is 10.1 Å². The Bertz CT molecular complexity index is 809. The molecule has 0 atom stereocenters. The first-order valence-electron chi connectivity index (χ1n) is 5.83. The molecule has 0 fully saturated rings. The Balaban J connectivity index is 1.94. The number of para-hydroxylation sites is 1. The smallest absolute Gasteiger partial charge is 0.166 e. The highest BCUT2D eigenvalue weighted by molar-refractivity contribution is 5.88. The molecule has 4 aromatic rings. The van der Waals surface area contributed by atoms with Crippen molar-refractivity contribution in [3.05, 3.63) is 54.7 Å². The Morgan fingerprint density at radius 1 is 0.944 bits per heavy atom. The van der Waals surface area contributed by atoms with Gasteiger partial charge in [-0.05, 0) is 35.9 Å². The van der Waals surface area contributed by atoms with Crippen molar-refractivity contribution in [1.29, 1.82) is 0 Å². The molecule has 2 heterocycles. The maximum atomic E-state index is 5.11. The van der Waals surface area contributed by atoms with E-state index in [-0.39, 0.29) is 0 Å². The summed E-state index contributed by atoms with van der Waals surface area (Å²) in [5.74, 6) is 0. The molecule has 2 aromatic carbocycles. The van der Waals surface area contributed by atoms with E-state index < -0.39 is 0 Å². The van der Waals surface area contributed by atoms with E-state index in [1.165, 1.54) is 5.39 Å². The Labute approximate surface area is 103 Å². The summed E-state index contributed by atoms with van der Waals surface area (Å²) >= 11 is 0. The topological polar surface area (TPSA) is 41.8 Å². The molecule has 0 aliphatic carbocycles. The lowest BCUT2D eigenvalue weighted by Gasteiger charge is -1.96. The molecule has 18 heavy (non-hydrogen) atoms. The predicted molar refractivity (Wildman–Crippen MR) is 71.3 cm³/mol. The normalized spacial score (nSPS) is 11.3. The van der Waals surface area contributed by atoms with Crippen LogP contribution < -0.4 is 0 Å². The zero-order chi connectivity index (χ0) is 11.9. The number of hydrogen-bond donors (Lipinski definition) is 1. The number of nitrogens with one attached hydrogen (secondary N) is 1. The minimum Gasteiger partial charge on any atom is -0.356 e. The fourth-order valence-electron chi connectivity index (χ4n) is 2.27. The summed E-state index contributed by atoms with van der Waals surface area (Å²) < 4.78 is 5.11. The van der Waals surface area contributed by atoms with Crippen molar-refractivity contribution in [1.82, 2.24) is 10.1 Å². The van der Waals surface area contributed by atoms with Crippen LogP contribution in [-0.2, 0) is 0 Å². The maximum Gasteiger partial charge on any atom is 0.166 e. The van der Waals surface area contributed by atoms with Crippen LogP contribution in [0.1, 0.15) is 0 Å². The quantitative estimate of drug-likeness (QED) is 0.541. The van der Waals surface area contributed by atoms with Crippen molar-refractivity contribution in [3.8, 4) is 11.3 Å². The lowest BCUT2D eigenvalue weighted by molar-refractivity contribution is 0.456. The fourth-order valence-corrected chi connectivity index (χ4v) is 2.27. The van der Waals surface area contributed by atoms with Crippen molar-refractivity contribution < 1.29 is 4.52 Å². The highest BCUT2D eigenvalue weighted by Gasteiger charge is 2.05. The van der Waals surface area contributed by atoms with Gasteiger partial charge >= 0.3 is 0 Å². The molecule has 3 nitrogen and oxygen atoms in total. The first kappa shape index (κ1) is 9.48. The van der Waals surface area contributed by atoms with Crippen molar-refractivity contribution >= 4 is 21.9 Å². The van der Waals surface area contributed by atoms with Crippen LogP contribution in [0, 0.1) is 0 Å². The third kappa shape index (κ3) is 1.34. The molecule has 86 valence electrons. The summed E-state index contributed by atoms with van der Waals surface area (Å²) in [5, 5.41) is 6.03. The standard InChI is InChI=1S/C15H10N2O/c1-2-4-13-10(3-1)8-14(17-13)11-5-6-15-12(7-11)9-16-18-15/h1-9,17H. The van der Waals surface area contributed by atoms with Crippen LogP contribution in [0.15, 0.2) is 59.3 Å². The van der Waals surface area contributed by atoms with Crippen LogP contribution in [0.4, 0.5) is 0 Å². The summed E-state index contributed by atoms with van der Waals surface area (Å²) in [6, 6.07) is 16.5. The van der Waals surface area contributed by atoms with E-state index in [1.54, 1.807) is 6.20 Å². The Kier molecular flexibility index (Phi) is 1.83. The van der Waals surface area contributed by atoms with Gasteiger partial charge in [0.1, 0.15) is 0 Å². The minimum absolute atomic E-state index is 0.815. The van der Waals surface area contributed by atoms with Crippen LogP contribution in [0.5, 0.6) is 0 Å². The van der Waals surface area contributed by atoms with Gasteiger partial charge < -0.3 is 9.51 Å². The molecule has 0 radical (unpaired) electrons. The average molecular weight is 234 g/mol. The zero-order valence-electron chi connectivity index (χ0n) is 9.55. The minimum atomic E-state index is 0.815. The Morgan fingerprint density at radius 2 is 1.89 bits per heavy atom. The second-order valence-corrected chi connectivity index (χ2v) is 4.35. The largest absolute Gasteiger partial charge is 0.356 e. The van der Waals surface area contributed by atoms with Crippen molar-refractivity contribution in [2.75, 3.05) is 0 Å². The SMILES string of the molecule is c1ccc2[nH]c(-c3ccc4oncc4c3)cc2c1. The molecular formula is C15H10N2O. The summed E-state index contributed by atoms with van der Waals surface area (Å²) in [6.45, 7) is 0. The second-order valence-electron chi connectivity index (χ2n) is 4.35. The monoisotopic (exact) mass is 234 g/mol. The van der Waals surface area contributed by atoms with Crippen LogP contribution in [0.3, 0.4) is 0 Å². The third-order valence-corrected chi connectivity index (χ3v) is 3.19. The van der Waals surface area contributed by atoms with Crippen LogP contribution >= 0.6 is 0 Å². The number of fused-ring (bicyclic) bond motifs is 2. The summed E-state index contributed by atoms with van der Waals surface area (Å²) in [7, 11) is 0. The number of aromatic nitrogens is 2. The van der Waals surface area contributed by atoms with Gasteiger partial charge in [0, 0.05) is 22.0 Å². The molecule has 1 N–H and O–H groups in total. The molecular weight excluding hydrogens is 224 g/mol. The summed E-state index contributed by atoms with van der Waals surface area (Å²) in [6.07, 6.45) is 1.74. The molecule has 0 aliphatic heterocycles. The molecule has 0 bridgehead atoms. The van der Waals surface area contributed by atoms with Crippen molar-refractivity contribution in [2.24, 2.45) is 0 Å². The van der Waals surface area contributed by atoms with Crippen LogP contribution in [0.25, 0.3) is 33.1 Å². The van der Waals surface area contributed by atoms with E-state index in [0.29, 0.717) is 0 Å². The molecule has 0 aliphatic rings. The average Bonchev–Trinajstić information content (AvgIpc) is 3.04. The van der Waals surface area contributed by atoms with Crippen LogP contribution in [0.2, 0.25) is 0 Å². The van der Waals surface area contributed by atoms with Crippen molar-refractivity contribution in [2.45, 2.75) is 0 Å². The summed E-state index contributed by atoms with van der Waals surface area (Å²) in [5.41, 5.74) is 4.22. The molecule has 0 spiro atoms. The molecule has 4 rings (SSSR count). The Morgan fingerprint density at radius 3 is 2.83 bits per heavy atom. The number of hydrogen-bond acceptors (Lipinski definition) is 2. The Hall–Kier alpha value is -2.55. The fraction of sp³-hybridized carbons (Fsp3) is 0. The lowest BCUT2D eigenvalue weighted by Crippen LogP contribution is -1.76. The van der Waals surface area contributed by atoms with Gasteiger partial charge in [0.2, 0.25) is 0 Å². The zero-order valence-corrected chi connectivity index (χ0v) is 9.55. The number of rotatable bonds is 1. The van der Waals surface area contributed by atoms with E-state index in [1.807, 2.05) is 24.3 Å². The molecule has 0 saturated heterocycles. The first-order chi connectivity index (χ1) is 8.90. The van der Waals surface area contributed by atoms with E-state index in [4.69, 9.17) is 4.52 Å². The number of H-pyrrole nitrogens is 1. The number of benzene rings is 2. The van der Waals surface area contributed by atoms with Gasteiger partial charge in [0.05, 0.1) is 6.20 Å². The van der Waals surface area contributed by atoms with Crippen molar-refractivity contribution in [3.63, 3.8) is 0 Å². The molecule has 0 saturated carbocycles. The van der Waals surface area contributed by atoms with Gasteiger partial charge in [-0.3, -0.25) is 0 Å². The van der Waals surface area contributed by atoms with E-state index >= 15 is 0 Å². The van der Waals surface area contributed by atoms with Gasteiger partial charge in [-0.1, -0.05) is 23.4 Å². The highest BCUT2D eigenvalue weighted by Crippen LogP contribution is 2.26. The lowest BCUT2D eigenvalue weighted by atomic mass is 10.1. The third-order valence-electron chi connectivity index (χ3n) is 3.19. The van der Waals surface area contributed by atoms with Gasteiger partial charge in [-0.15, -0.1) is 0 Å². The van der Waals surface area contributed by atoms with E-state index in [9.17, 15) is 0 Å². The second kappa shape index (κ2) is 3.47. The van der Waals surface area contributed by atoms with Gasteiger partial charge in [0.25, 0.3) is 0 Å². The molecule has 2 aromatic heterocycles. The summed E-state index contributed by atoms with van der Waals surface area (Å²) in [4.78, 5) is 3.42. The van der Waals surface area contributed by atoms with Gasteiger partial charge in [0.15, 0.2) is 5.58 Å². The first-order valence-corrected chi connectivity index (χ1v) is 5.83. The van der Waals surface area contributed by atoms with E-state index in [0.717, 1.165) is 27.7 Å². The number of nitrogens with zero attached hydrogens (tertiary/aromatic N) is 1. The maximum absolute atomic E-state index is 5.11. The molecule has 3 heteroatoms. The van der Waals surface area contributed by atoms with Gasteiger partial charge in [-0.2, -0.15) is 0 Å². The van der Waals surface area contributed by atoms with Gasteiger partial charge in [-0.25, -0.2) is 0 Å². The van der Waals surface area contributed by atoms with E-state index in [2.05, 4.69) is 34.4 Å². The number of aromatic amines is 1. The highest BCUT2D eigenvalue weighted by atomic mass is 16.5. The molecule has 0 unspecified atom stereocenters.